The van der Waals surface area contributed by atoms with Gasteiger partial charge >= 0.3 is 0 Å². The molecule has 0 spiro atoms. The normalized spacial score (nSPS) is 22.6. The highest BCUT2D eigenvalue weighted by atomic mass is 79.9. The van der Waals surface area contributed by atoms with Crippen molar-refractivity contribution in [1.82, 2.24) is 9.78 Å². The van der Waals surface area contributed by atoms with Crippen LogP contribution in [0, 0.1) is 0 Å². The van der Waals surface area contributed by atoms with Crippen LogP contribution in [0.15, 0.2) is 15.5 Å². The summed E-state index contributed by atoms with van der Waals surface area (Å²) < 4.78 is 2.16. The second kappa shape index (κ2) is 7.40. The van der Waals surface area contributed by atoms with Crippen LogP contribution in [-0.4, -0.2) is 28.4 Å². The SMILES string of the molecule is CCCCn1ncc(N2C(C)CCCC2CN)c(Br)c1=O. The van der Waals surface area contributed by atoms with E-state index in [4.69, 9.17) is 5.73 Å². The highest BCUT2D eigenvalue weighted by Gasteiger charge is 2.29. The van der Waals surface area contributed by atoms with Crippen LogP contribution in [0.3, 0.4) is 0 Å². The number of rotatable bonds is 5. The van der Waals surface area contributed by atoms with Gasteiger partial charge in [0.2, 0.25) is 0 Å². The highest BCUT2D eigenvalue weighted by molar-refractivity contribution is 9.10. The molecule has 2 N–H and O–H groups in total. The predicted octanol–water partition coefficient (Wildman–Crippen LogP) is 2.51. The Kier molecular flexibility index (Phi) is 5.81. The third-order valence-corrected chi connectivity index (χ3v) is 5.01. The molecule has 0 amide bonds. The fourth-order valence-corrected chi connectivity index (χ4v) is 3.57. The largest absolute Gasteiger partial charge is 0.362 e. The van der Waals surface area contributed by atoms with E-state index in [0.717, 1.165) is 31.4 Å². The standard InChI is InChI=1S/C15H25BrN4O/c1-3-4-8-19-15(21)14(16)13(10-18-19)20-11(2)6-5-7-12(20)9-17/h10-12H,3-9,17H2,1-2H3. The Balaban J connectivity index is 2.34. The molecule has 1 aliphatic rings. The second-order valence-electron chi connectivity index (χ2n) is 5.80. The van der Waals surface area contributed by atoms with Crippen LogP contribution < -0.4 is 16.2 Å². The van der Waals surface area contributed by atoms with E-state index >= 15 is 0 Å². The van der Waals surface area contributed by atoms with Crippen molar-refractivity contribution in [3.8, 4) is 0 Å². The first kappa shape index (κ1) is 16.5. The Hall–Kier alpha value is -0.880. The molecule has 6 heteroatoms. The number of nitrogens with two attached hydrogens (primary N) is 1. The minimum atomic E-state index is -0.0468. The molecule has 0 saturated carbocycles. The molecule has 1 saturated heterocycles. The Morgan fingerprint density at radius 3 is 2.90 bits per heavy atom. The summed E-state index contributed by atoms with van der Waals surface area (Å²) in [6, 6.07) is 0.675. The zero-order chi connectivity index (χ0) is 15.4. The molecular weight excluding hydrogens is 332 g/mol. The van der Waals surface area contributed by atoms with Crippen molar-refractivity contribution < 1.29 is 0 Å². The molecule has 1 aliphatic heterocycles. The monoisotopic (exact) mass is 356 g/mol. The van der Waals surface area contributed by atoms with Crippen molar-refractivity contribution in [2.45, 2.75) is 64.6 Å². The van der Waals surface area contributed by atoms with E-state index in [9.17, 15) is 4.79 Å². The number of piperidine rings is 1. The van der Waals surface area contributed by atoms with Crippen LogP contribution in [0.25, 0.3) is 0 Å². The van der Waals surface area contributed by atoms with E-state index < -0.39 is 0 Å². The fraction of sp³-hybridized carbons (Fsp3) is 0.733. The topological polar surface area (TPSA) is 64.2 Å². The van der Waals surface area contributed by atoms with Gasteiger partial charge in [-0.2, -0.15) is 5.10 Å². The minimum Gasteiger partial charge on any atom is -0.362 e. The number of hydrogen-bond acceptors (Lipinski definition) is 4. The van der Waals surface area contributed by atoms with Crippen LogP contribution in [0.1, 0.15) is 46.0 Å². The van der Waals surface area contributed by atoms with Gasteiger partial charge in [0.25, 0.3) is 5.56 Å². The molecular formula is C15H25BrN4O. The summed E-state index contributed by atoms with van der Waals surface area (Å²) in [5.41, 5.74) is 6.75. The number of unbranched alkanes of at least 4 members (excludes halogenated alkanes) is 1. The quantitative estimate of drug-likeness (QED) is 0.880. The van der Waals surface area contributed by atoms with Gasteiger partial charge in [0.05, 0.1) is 11.9 Å². The van der Waals surface area contributed by atoms with Gasteiger partial charge in [0, 0.05) is 25.2 Å². The molecule has 0 bridgehead atoms. The average molecular weight is 357 g/mol. The Morgan fingerprint density at radius 1 is 1.48 bits per heavy atom. The van der Waals surface area contributed by atoms with Gasteiger partial charge in [-0.05, 0) is 48.5 Å². The molecule has 0 radical (unpaired) electrons. The molecule has 2 unspecified atom stereocenters. The Morgan fingerprint density at radius 2 is 2.24 bits per heavy atom. The lowest BCUT2D eigenvalue weighted by Crippen LogP contribution is -2.49. The lowest BCUT2D eigenvalue weighted by atomic mass is 9.96. The van der Waals surface area contributed by atoms with Gasteiger partial charge < -0.3 is 10.6 Å². The summed E-state index contributed by atoms with van der Waals surface area (Å²) in [6.45, 7) is 5.58. The van der Waals surface area contributed by atoms with Crippen molar-refractivity contribution in [3.63, 3.8) is 0 Å². The molecule has 0 aliphatic carbocycles. The average Bonchev–Trinajstić information content (AvgIpc) is 2.49. The van der Waals surface area contributed by atoms with Gasteiger partial charge in [-0.25, -0.2) is 4.68 Å². The summed E-state index contributed by atoms with van der Waals surface area (Å²) in [5, 5.41) is 4.35. The van der Waals surface area contributed by atoms with Crippen LogP contribution in [0.2, 0.25) is 0 Å². The van der Waals surface area contributed by atoms with E-state index in [1.54, 1.807) is 4.68 Å². The Bertz CT molecular complexity index is 531. The van der Waals surface area contributed by atoms with Crippen molar-refractivity contribution in [2.24, 2.45) is 5.73 Å². The summed E-state index contributed by atoms with van der Waals surface area (Å²) in [6.07, 6.45) is 7.22. The van der Waals surface area contributed by atoms with Gasteiger partial charge in [-0.15, -0.1) is 0 Å². The lowest BCUT2D eigenvalue weighted by Gasteiger charge is -2.42. The van der Waals surface area contributed by atoms with Gasteiger partial charge in [0.15, 0.2) is 0 Å². The minimum absolute atomic E-state index is 0.0468. The summed E-state index contributed by atoms with van der Waals surface area (Å²) in [7, 11) is 0. The van der Waals surface area contributed by atoms with Crippen molar-refractivity contribution in [2.75, 3.05) is 11.4 Å². The summed E-state index contributed by atoms with van der Waals surface area (Å²) in [4.78, 5) is 14.7. The summed E-state index contributed by atoms with van der Waals surface area (Å²) >= 11 is 3.49. The third-order valence-electron chi connectivity index (χ3n) is 4.27. The molecule has 2 heterocycles. The van der Waals surface area contributed by atoms with E-state index in [1.165, 1.54) is 6.42 Å². The maximum absolute atomic E-state index is 12.4. The molecule has 5 nitrogen and oxygen atoms in total. The van der Waals surface area contributed by atoms with Gasteiger partial charge in [-0.3, -0.25) is 4.79 Å². The molecule has 21 heavy (non-hydrogen) atoms. The molecule has 1 aromatic rings. The molecule has 1 aromatic heterocycles. The fourth-order valence-electron chi connectivity index (χ4n) is 3.06. The maximum Gasteiger partial charge on any atom is 0.283 e. The van der Waals surface area contributed by atoms with E-state index in [-0.39, 0.29) is 11.6 Å². The maximum atomic E-state index is 12.4. The van der Waals surface area contributed by atoms with Crippen LogP contribution in [-0.2, 0) is 6.54 Å². The first-order valence-corrected chi connectivity index (χ1v) is 8.63. The van der Waals surface area contributed by atoms with Gasteiger partial charge in [-0.1, -0.05) is 13.3 Å². The van der Waals surface area contributed by atoms with E-state index in [2.05, 4.69) is 39.8 Å². The lowest BCUT2D eigenvalue weighted by molar-refractivity contribution is 0.398. The van der Waals surface area contributed by atoms with Gasteiger partial charge in [0.1, 0.15) is 4.47 Å². The van der Waals surface area contributed by atoms with E-state index in [0.29, 0.717) is 23.6 Å². The van der Waals surface area contributed by atoms with E-state index in [1.807, 2.05) is 6.20 Å². The third kappa shape index (κ3) is 3.48. The summed E-state index contributed by atoms with van der Waals surface area (Å²) in [5.74, 6) is 0. The van der Waals surface area contributed by atoms with Crippen LogP contribution >= 0.6 is 15.9 Å². The zero-order valence-corrected chi connectivity index (χ0v) is 14.5. The van der Waals surface area contributed by atoms with Crippen LogP contribution in [0.4, 0.5) is 5.69 Å². The van der Waals surface area contributed by atoms with Crippen molar-refractivity contribution >= 4 is 21.6 Å². The number of nitrogens with zero attached hydrogens (tertiary/aromatic N) is 3. The highest BCUT2D eigenvalue weighted by Crippen LogP contribution is 2.31. The first-order chi connectivity index (χ1) is 10.1. The predicted molar refractivity (Wildman–Crippen MR) is 89.7 cm³/mol. The molecule has 2 atom stereocenters. The number of aryl methyl sites for hydroxylation is 1. The van der Waals surface area contributed by atoms with Crippen molar-refractivity contribution in [3.05, 3.63) is 21.0 Å². The molecule has 118 valence electrons. The molecule has 2 rings (SSSR count). The first-order valence-electron chi connectivity index (χ1n) is 7.84. The van der Waals surface area contributed by atoms with Crippen molar-refractivity contribution in [1.29, 1.82) is 0 Å². The second-order valence-corrected chi connectivity index (χ2v) is 6.60. The number of hydrogen-bond donors (Lipinski definition) is 1. The number of halogens is 1. The molecule has 0 aromatic carbocycles. The number of aromatic nitrogens is 2. The molecule has 1 fully saturated rings. The number of anilines is 1. The smallest absolute Gasteiger partial charge is 0.283 e. The zero-order valence-electron chi connectivity index (χ0n) is 12.9. The van der Waals surface area contributed by atoms with Crippen LogP contribution in [0.5, 0.6) is 0 Å². The Labute approximate surface area is 134 Å².